The molecule has 3 nitrogen and oxygen atoms in total. The Morgan fingerprint density at radius 2 is 1.95 bits per heavy atom. The molecule has 0 fully saturated rings. The maximum absolute atomic E-state index is 4.42. The number of aryl methyl sites for hydroxylation is 1. The maximum Gasteiger partial charge on any atom is 0.142 e. The predicted octanol–water partition coefficient (Wildman–Crippen LogP) is 4.87. The molecular formula is C16H17N3S. The third kappa shape index (κ3) is 2.27. The normalized spacial score (nSPS) is 11.2. The van der Waals surface area contributed by atoms with E-state index in [1.807, 2.05) is 6.07 Å². The first-order chi connectivity index (χ1) is 9.66. The van der Waals surface area contributed by atoms with Crippen molar-refractivity contribution in [1.82, 2.24) is 9.97 Å². The van der Waals surface area contributed by atoms with Crippen LogP contribution in [0, 0.1) is 6.92 Å². The molecule has 102 valence electrons. The van der Waals surface area contributed by atoms with Gasteiger partial charge >= 0.3 is 0 Å². The van der Waals surface area contributed by atoms with Gasteiger partial charge in [0.1, 0.15) is 17.0 Å². The summed E-state index contributed by atoms with van der Waals surface area (Å²) in [6.07, 6.45) is 1.62. The number of aromatic nitrogens is 2. The third-order valence-corrected chi connectivity index (χ3v) is 4.39. The number of nitrogens with zero attached hydrogens (tertiary/aromatic N) is 2. The molecule has 0 amide bonds. The summed E-state index contributed by atoms with van der Waals surface area (Å²) >= 11 is 1.66. The molecule has 2 heterocycles. The molecule has 0 saturated carbocycles. The summed E-state index contributed by atoms with van der Waals surface area (Å²) in [4.78, 5) is 9.78. The Bertz CT molecular complexity index is 746. The Morgan fingerprint density at radius 3 is 2.75 bits per heavy atom. The van der Waals surface area contributed by atoms with Gasteiger partial charge in [-0.15, -0.1) is 11.3 Å². The van der Waals surface area contributed by atoms with Crippen molar-refractivity contribution in [3.8, 4) is 0 Å². The zero-order valence-corrected chi connectivity index (χ0v) is 12.7. The van der Waals surface area contributed by atoms with Crippen LogP contribution in [0.2, 0.25) is 0 Å². The van der Waals surface area contributed by atoms with Crippen LogP contribution in [-0.2, 0) is 0 Å². The number of hydrogen-bond donors (Lipinski definition) is 1. The van der Waals surface area contributed by atoms with E-state index >= 15 is 0 Å². The summed E-state index contributed by atoms with van der Waals surface area (Å²) in [6, 6.07) is 8.38. The van der Waals surface area contributed by atoms with E-state index in [-0.39, 0.29) is 0 Å². The van der Waals surface area contributed by atoms with Crippen molar-refractivity contribution in [1.29, 1.82) is 0 Å². The van der Waals surface area contributed by atoms with Gasteiger partial charge in [0.05, 0.1) is 5.39 Å². The van der Waals surface area contributed by atoms with Gasteiger partial charge in [-0.3, -0.25) is 0 Å². The van der Waals surface area contributed by atoms with Gasteiger partial charge in [-0.1, -0.05) is 32.0 Å². The number of benzene rings is 1. The lowest BCUT2D eigenvalue weighted by atomic mass is 10.0. The summed E-state index contributed by atoms with van der Waals surface area (Å²) in [6.45, 7) is 6.50. The number of hydrogen-bond acceptors (Lipinski definition) is 4. The van der Waals surface area contributed by atoms with Crippen molar-refractivity contribution in [2.24, 2.45) is 0 Å². The minimum absolute atomic E-state index is 0.472. The molecule has 3 aromatic rings. The van der Waals surface area contributed by atoms with Crippen molar-refractivity contribution in [3.05, 3.63) is 47.1 Å². The second kappa shape index (κ2) is 5.21. The van der Waals surface area contributed by atoms with E-state index in [1.54, 1.807) is 17.7 Å². The van der Waals surface area contributed by atoms with Gasteiger partial charge in [0.25, 0.3) is 0 Å². The van der Waals surface area contributed by atoms with Gasteiger partial charge in [-0.05, 0) is 35.4 Å². The van der Waals surface area contributed by atoms with Gasteiger partial charge in [0, 0.05) is 5.69 Å². The maximum atomic E-state index is 4.42. The van der Waals surface area contributed by atoms with Gasteiger partial charge in [0.2, 0.25) is 0 Å². The number of para-hydroxylation sites is 1. The van der Waals surface area contributed by atoms with Gasteiger partial charge in [0.15, 0.2) is 0 Å². The predicted molar refractivity (Wildman–Crippen MR) is 86.0 cm³/mol. The van der Waals surface area contributed by atoms with E-state index in [4.69, 9.17) is 0 Å². The van der Waals surface area contributed by atoms with E-state index in [0.29, 0.717) is 5.92 Å². The van der Waals surface area contributed by atoms with Gasteiger partial charge < -0.3 is 5.32 Å². The summed E-state index contributed by atoms with van der Waals surface area (Å²) in [7, 11) is 0. The van der Waals surface area contributed by atoms with Crippen LogP contribution in [0.5, 0.6) is 0 Å². The van der Waals surface area contributed by atoms with Crippen LogP contribution in [0.4, 0.5) is 11.5 Å². The van der Waals surface area contributed by atoms with E-state index < -0.39 is 0 Å². The van der Waals surface area contributed by atoms with Crippen molar-refractivity contribution in [3.63, 3.8) is 0 Å². The molecule has 3 rings (SSSR count). The molecule has 1 N–H and O–H groups in total. The SMILES string of the molecule is Cc1csc2ncnc(Nc3ccccc3C(C)C)c12. The minimum Gasteiger partial charge on any atom is -0.339 e. The van der Waals surface area contributed by atoms with Crippen molar-refractivity contribution >= 4 is 33.1 Å². The fourth-order valence-corrected chi connectivity index (χ4v) is 3.24. The lowest BCUT2D eigenvalue weighted by Gasteiger charge is -2.14. The van der Waals surface area contributed by atoms with Crippen LogP contribution in [0.15, 0.2) is 36.0 Å². The fraction of sp³-hybridized carbons (Fsp3) is 0.250. The molecule has 0 aliphatic rings. The lowest BCUT2D eigenvalue weighted by Crippen LogP contribution is -2.00. The standard InChI is InChI=1S/C16H17N3S/c1-10(2)12-6-4-5-7-13(12)19-15-14-11(3)8-20-16(14)18-9-17-15/h4-10H,1-3H3,(H,17,18,19). The second-order valence-electron chi connectivity index (χ2n) is 5.19. The number of rotatable bonds is 3. The second-order valence-corrected chi connectivity index (χ2v) is 6.05. The highest BCUT2D eigenvalue weighted by Crippen LogP contribution is 2.32. The molecular weight excluding hydrogens is 266 g/mol. The largest absolute Gasteiger partial charge is 0.339 e. The number of anilines is 2. The first-order valence-electron chi connectivity index (χ1n) is 6.71. The Balaban J connectivity index is 2.08. The fourth-order valence-electron chi connectivity index (χ4n) is 2.35. The van der Waals surface area contributed by atoms with Crippen LogP contribution < -0.4 is 5.32 Å². The third-order valence-electron chi connectivity index (χ3n) is 3.39. The van der Waals surface area contributed by atoms with Gasteiger partial charge in [-0.2, -0.15) is 0 Å². The quantitative estimate of drug-likeness (QED) is 0.745. The number of thiophene rings is 1. The first-order valence-corrected chi connectivity index (χ1v) is 7.59. The topological polar surface area (TPSA) is 37.8 Å². The smallest absolute Gasteiger partial charge is 0.142 e. The highest BCUT2D eigenvalue weighted by molar-refractivity contribution is 7.17. The highest BCUT2D eigenvalue weighted by atomic mass is 32.1. The average Bonchev–Trinajstić information content (AvgIpc) is 2.82. The van der Waals surface area contributed by atoms with Crippen LogP contribution in [0.1, 0.15) is 30.9 Å². The molecule has 1 aromatic carbocycles. The zero-order valence-electron chi connectivity index (χ0n) is 11.8. The van der Waals surface area contributed by atoms with E-state index in [0.717, 1.165) is 21.7 Å². The van der Waals surface area contributed by atoms with Crippen LogP contribution in [0.3, 0.4) is 0 Å². The lowest BCUT2D eigenvalue weighted by molar-refractivity contribution is 0.869. The molecule has 0 unspecified atom stereocenters. The Hall–Kier alpha value is -1.94. The van der Waals surface area contributed by atoms with Crippen LogP contribution >= 0.6 is 11.3 Å². The number of fused-ring (bicyclic) bond motifs is 1. The molecule has 0 aliphatic carbocycles. The monoisotopic (exact) mass is 283 g/mol. The molecule has 20 heavy (non-hydrogen) atoms. The van der Waals surface area contributed by atoms with Crippen LogP contribution in [-0.4, -0.2) is 9.97 Å². The van der Waals surface area contributed by atoms with Crippen LogP contribution in [0.25, 0.3) is 10.2 Å². The molecule has 0 radical (unpaired) electrons. The summed E-state index contributed by atoms with van der Waals surface area (Å²) in [5.74, 6) is 1.36. The summed E-state index contributed by atoms with van der Waals surface area (Å²) in [5, 5.41) is 6.72. The molecule has 2 aromatic heterocycles. The average molecular weight is 283 g/mol. The number of nitrogens with one attached hydrogen (secondary N) is 1. The summed E-state index contributed by atoms with van der Waals surface area (Å²) in [5.41, 5.74) is 3.63. The van der Waals surface area contributed by atoms with Crippen molar-refractivity contribution in [2.75, 3.05) is 5.32 Å². The van der Waals surface area contributed by atoms with E-state index in [2.05, 4.69) is 59.6 Å². The molecule has 0 aliphatic heterocycles. The Kier molecular flexibility index (Phi) is 3.40. The first kappa shape index (κ1) is 13.1. The van der Waals surface area contributed by atoms with E-state index in [9.17, 15) is 0 Å². The zero-order chi connectivity index (χ0) is 14.1. The van der Waals surface area contributed by atoms with E-state index in [1.165, 1.54) is 11.1 Å². The van der Waals surface area contributed by atoms with Crippen molar-refractivity contribution < 1.29 is 0 Å². The molecule has 0 bridgehead atoms. The molecule has 0 atom stereocenters. The minimum atomic E-state index is 0.472. The molecule has 4 heteroatoms. The Labute approximate surface area is 122 Å². The molecule has 0 spiro atoms. The van der Waals surface area contributed by atoms with Crippen molar-refractivity contribution in [2.45, 2.75) is 26.7 Å². The molecule has 0 saturated heterocycles. The summed E-state index contributed by atoms with van der Waals surface area (Å²) < 4.78 is 0. The Morgan fingerprint density at radius 1 is 1.15 bits per heavy atom. The van der Waals surface area contributed by atoms with Gasteiger partial charge in [-0.25, -0.2) is 9.97 Å². The highest BCUT2D eigenvalue weighted by Gasteiger charge is 2.11.